The van der Waals surface area contributed by atoms with Crippen molar-refractivity contribution in [2.75, 3.05) is 0 Å². The summed E-state index contributed by atoms with van der Waals surface area (Å²) < 4.78 is 11.0. The molecular formula is C14H14N2O2. The lowest BCUT2D eigenvalue weighted by Crippen LogP contribution is -2.15. The van der Waals surface area contributed by atoms with Gasteiger partial charge in [-0.3, -0.25) is 0 Å². The first-order valence-electron chi connectivity index (χ1n) is 6.12. The minimum absolute atomic E-state index is 0.202. The van der Waals surface area contributed by atoms with Crippen molar-refractivity contribution in [1.82, 2.24) is 10.2 Å². The SMILES string of the molecule is C1=CC(Oc2ccc(-c3nnco3)cc2)CCC1. The van der Waals surface area contributed by atoms with Crippen molar-refractivity contribution in [2.24, 2.45) is 0 Å². The number of allylic oxidation sites excluding steroid dienone is 1. The van der Waals surface area contributed by atoms with Crippen molar-refractivity contribution in [2.45, 2.75) is 25.4 Å². The largest absolute Gasteiger partial charge is 0.486 e. The molecule has 4 heteroatoms. The standard InChI is InChI=1S/C14H14N2O2/c1-2-4-12(5-3-1)18-13-8-6-11(7-9-13)14-16-15-10-17-14/h2,4,6-10,12H,1,3,5H2. The maximum Gasteiger partial charge on any atom is 0.247 e. The smallest absolute Gasteiger partial charge is 0.247 e. The minimum Gasteiger partial charge on any atom is -0.486 e. The second-order valence-electron chi connectivity index (χ2n) is 4.28. The molecule has 2 aromatic rings. The van der Waals surface area contributed by atoms with Crippen molar-refractivity contribution in [1.29, 1.82) is 0 Å². The quantitative estimate of drug-likeness (QED) is 0.775. The molecule has 0 radical (unpaired) electrons. The second kappa shape index (κ2) is 5.04. The van der Waals surface area contributed by atoms with Gasteiger partial charge in [0.2, 0.25) is 12.3 Å². The van der Waals surface area contributed by atoms with Crippen LogP contribution < -0.4 is 4.74 Å². The zero-order valence-corrected chi connectivity index (χ0v) is 9.95. The molecule has 1 unspecified atom stereocenters. The van der Waals surface area contributed by atoms with E-state index in [9.17, 15) is 0 Å². The number of benzene rings is 1. The summed E-state index contributed by atoms with van der Waals surface area (Å²) in [5.74, 6) is 1.40. The van der Waals surface area contributed by atoms with Crippen LogP contribution >= 0.6 is 0 Å². The Balaban J connectivity index is 1.71. The Morgan fingerprint density at radius 2 is 2.11 bits per heavy atom. The summed E-state index contributed by atoms with van der Waals surface area (Å²) in [4.78, 5) is 0. The van der Waals surface area contributed by atoms with Gasteiger partial charge in [-0.15, -0.1) is 10.2 Å². The summed E-state index contributed by atoms with van der Waals surface area (Å²) in [5.41, 5.74) is 0.902. The number of rotatable bonds is 3. The van der Waals surface area contributed by atoms with Gasteiger partial charge in [-0.05, 0) is 49.6 Å². The molecule has 0 amide bonds. The van der Waals surface area contributed by atoms with Crippen LogP contribution in [0.4, 0.5) is 0 Å². The predicted molar refractivity (Wildman–Crippen MR) is 67.1 cm³/mol. The van der Waals surface area contributed by atoms with Crippen LogP contribution in [-0.4, -0.2) is 16.3 Å². The third kappa shape index (κ3) is 2.42. The molecule has 0 saturated carbocycles. The molecule has 0 N–H and O–H groups in total. The Labute approximate surface area is 105 Å². The maximum atomic E-state index is 5.87. The van der Waals surface area contributed by atoms with E-state index in [1.165, 1.54) is 12.8 Å². The maximum absolute atomic E-state index is 5.87. The molecule has 0 bridgehead atoms. The number of aromatic nitrogens is 2. The van der Waals surface area contributed by atoms with E-state index in [0.29, 0.717) is 5.89 Å². The fourth-order valence-electron chi connectivity index (χ4n) is 2.03. The molecule has 1 aromatic heterocycles. The van der Waals surface area contributed by atoms with Crippen molar-refractivity contribution < 1.29 is 9.15 Å². The number of hydrogen-bond donors (Lipinski definition) is 0. The summed E-state index contributed by atoms with van der Waals surface area (Å²) in [6.45, 7) is 0. The van der Waals surface area contributed by atoms with Crippen LogP contribution in [-0.2, 0) is 0 Å². The van der Waals surface area contributed by atoms with Gasteiger partial charge in [0.25, 0.3) is 0 Å². The Morgan fingerprint density at radius 1 is 1.22 bits per heavy atom. The average Bonchev–Trinajstić information content (AvgIpc) is 2.95. The Hall–Kier alpha value is -2.10. The Bertz CT molecular complexity index is 517. The lowest BCUT2D eigenvalue weighted by molar-refractivity contribution is 0.230. The summed E-state index contributed by atoms with van der Waals surface area (Å²) in [7, 11) is 0. The molecule has 0 spiro atoms. The molecule has 0 saturated heterocycles. The van der Waals surface area contributed by atoms with Crippen LogP contribution in [0.1, 0.15) is 19.3 Å². The molecule has 1 aliphatic rings. The van der Waals surface area contributed by atoms with E-state index < -0.39 is 0 Å². The van der Waals surface area contributed by atoms with E-state index in [-0.39, 0.29) is 6.10 Å². The highest BCUT2D eigenvalue weighted by Crippen LogP contribution is 2.23. The second-order valence-corrected chi connectivity index (χ2v) is 4.28. The molecule has 1 aliphatic carbocycles. The third-order valence-corrected chi connectivity index (χ3v) is 2.96. The van der Waals surface area contributed by atoms with E-state index in [4.69, 9.17) is 9.15 Å². The van der Waals surface area contributed by atoms with Crippen molar-refractivity contribution in [3.63, 3.8) is 0 Å². The van der Waals surface area contributed by atoms with Crippen LogP contribution in [0.5, 0.6) is 5.75 Å². The van der Waals surface area contributed by atoms with Crippen LogP contribution in [0.15, 0.2) is 47.2 Å². The Kier molecular flexibility index (Phi) is 3.08. The fourth-order valence-corrected chi connectivity index (χ4v) is 2.03. The molecule has 18 heavy (non-hydrogen) atoms. The van der Waals surface area contributed by atoms with Crippen LogP contribution in [0.3, 0.4) is 0 Å². The van der Waals surface area contributed by atoms with Crippen molar-refractivity contribution in [3.8, 4) is 17.2 Å². The summed E-state index contributed by atoms with van der Waals surface area (Å²) in [5, 5.41) is 7.52. The number of hydrogen-bond acceptors (Lipinski definition) is 4. The summed E-state index contributed by atoms with van der Waals surface area (Å²) in [6, 6.07) is 7.72. The molecule has 4 nitrogen and oxygen atoms in total. The van der Waals surface area contributed by atoms with Gasteiger partial charge in [0, 0.05) is 5.56 Å². The first-order valence-corrected chi connectivity index (χ1v) is 6.12. The van der Waals surface area contributed by atoms with Gasteiger partial charge in [-0.25, -0.2) is 0 Å². The first-order chi connectivity index (χ1) is 8.92. The molecule has 0 fully saturated rings. The normalized spacial score (nSPS) is 18.8. The molecule has 1 atom stereocenters. The highest BCUT2D eigenvalue weighted by molar-refractivity contribution is 5.53. The molecule has 0 aliphatic heterocycles. The Morgan fingerprint density at radius 3 is 2.78 bits per heavy atom. The molecule has 3 rings (SSSR count). The van der Waals surface area contributed by atoms with E-state index in [1.54, 1.807) is 0 Å². The van der Waals surface area contributed by atoms with Crippen LogP contribution in [0.2, 0.25) is 0 Å². The summed E-state index contributed by atoms with van der Waals surface area (Å²) >= 11 is 0. The van der Waals surface area contributed by atoms with E-state index >= 15 is 0 Å². The van der Waals surface area contributed by atoms with Crippen molar-refractivity contribution in [3.05, 3.63) is 42.8 Å². The van der Waals surface area contributed by atoms with Gasteiger partial charge >= 0.3 is 0 Å². The molecule has 1 aromatic carbocycles. The van der Waals surface area contributed by atoms with Gasteiger partial charge in [0.1, 0.15) is 11.9 Å². The zero-order valence-electron chi connectivity index (χ0n) is 9.95. The predicted octanol–water partition coefficient (Wildman–Crippen LogP) is 3.22. The highest BCUT2D eigenvalue weighted by Gasteiger charge is 2.10. The van der Waals surface area contributed by atoms with E-state index in [0.717, 1.165) is 24.2 Å². The average molecular weight is 242 g/mol. The number of ether oxygens (including phenoxy) is 1. The lowest BCUT2D eigenvalue weighted by atomic mass is 10.1. The molecule has 1 heterocycles. The van der Waals surface area contributed by atoms with Gasteiger partial charge < -0.3 is 9.15 Å². The zero-order chi connectivity index (χ0) is 12.2. The number of nitrogens with zero attached hydrogens (tertiary/aromatic N) is 2. The van der Waals surface area contributed by atoms with Gasteiger partial charge in [-0.1, -0.05) is 6.08 Å². The highest BCUT2D eigenvalue weighted by atomic mass is 16.5. The van der Waals surface area contributed by atoms with Gasteiger partial charge in [-0.2, -0.15) is 0 Å². The van der Waals surface area contributed by atoms with Crippen LogP contribution in [0.25, 0.3) is 11.5 Å². The first kappa shape index (κ1) is 11.0. The summed E-state index contributed by atoms with van der Waals surface area (Å²) in [6.07, 6.45) is 9.29. The van der Waals surface area contributed by atoms with E-state index in [1.807, 2.05) is 24.3 Å². The minimum atomic E-state index is 0.202. The fraction of sp³-hybridized carbons (Fsp3) is 0.286. The van der Waals surface area contributed by atoms with Crippen molar-refractivity contribution >= 4 is 0 Å². The molecule has 92 valence electrons. The van der Waals surface area contributed by atoms with Crippen LogP contribution in [0, 0.1) is 0 Å². The lowest BCUT2D eigenvalue weighted by Gasteiger charge is -2.18. The van der Waals surface area contributed by atoms with Gasteiger partial charge in [0.05, 0.1) is 0 Å². The third-order valence-electron chi connectivity index (χ3n) is 2.96. The van der Waals surface area contributed by atoms with Gasteiger partial charge in [0.15, 0.2) is 0 Å². The topological polar surface area (TPSA) is 48.2 Å². The van der Waals surface area contributed by atoms with E-state index in [2.05, 4.69) is 22.3 Å². The monoisotopic (exact) mass is 242 g/mol. The molecular weight excluding hydrogens is 228 g/mol.